The first-order chi connectivity index (χ1) is 10.6. The zero-order chi connectivity index (χ0) is 15.9. The molecule has 0 aliphatic carbocycles. The van der Waals surface area contributed by atoms with Crippen LogP contribution in [0.5, 0.6) is 0 Å². The molecule has 2 aromatic heterocycles. The zero-order valence-electron chi connectivity index (χ0n) is 14.3. The van der Waals surface area contributed by atoms with Gasteiger partial charge >= 0.3 is 0 Å². The number of nitrogens with zero attached hydrogens (tertiary/aromatic N) is 2. The number of furan rings is 2. The Morgan fingerprint density at radius 2 is 1.18 bits per heavy atom. The van der Waals surface area contributed by atoms with Crippen molar-refractivity contribution in [2.75, 3.05) is 26.2 Å². The summed E-state index contributed by atoms with van der Waals surface area (Å²) in [7, 11) is 0. The van der Waals surface area contributed by atoms with Crippen LogP contribution in [0.1, 0.15) is 36.9 Å². The molecule has 0 bridgehead atoms. The molecule has 0 unspecified atom stereocenters. The molecule has 2 aromatic rings. The molecule has 0 saturated carbocycles. The summed E-state index contributed by atoms with van der Waals surface area (Å²) in [5.41, 5.74) is 0. The first-order valence-corrected chi connectivity index (χ1v) is 8.16. The van der Waals surface area contributed by atoms with Gasteiger partial charge in [0.25, 0.3) is 0 Å². The molecule has 4 nitrogen and oxygen atoms in total. The predicted octanol–water partition coefficient (Wildman–Crippen LogP) is 3.83. The third-order valence-corrected chi connectivity index (χ3v) is 3.98. The summed E-state index contributed by atoms with van der Waals surface area (Å²) < 4.78 is 11.5. The summed E-state index contributed by atoms with van der Waals surface area (Å²) in [6, 6.07) is 8.17. The van der Waals surface area contributed by atoms with Gasteiger partial charge in [-0.2, -0.15) is 0 Å². The summed E-state index contributed by atoms with van der Waals surface area (Å²) in [6.45, 7) is 14.3. The third-order valence-electron chi connectivity index (χ3n) is 3.98. The molecule has 0 aromatic carbocycles. The second-order valence-corrected chi connectivity index (χ2v) is 5.76. The molecule has 0 atom stereocenters. The van der Waals surface area contributed by atoms with E-state index in [9.17, 15) is 0 Å². The van der Waals surface area contributed by atoms with Gasteiger partial charge < -0.3 is 13.7 Å². The molecule has 0 spiro atoms. The second-order valence-electron chi connectivity index (χ2n) is 5.76. The summed E-state index contributed by atoms with van der Waals surface area (Å²) in [5, 5.41) is 0. The van der Waals surface area contributed by atoms with E-state index in [4.69, 9.17) is 8.83 Å². The summed E-state index contributed by atoms with van der Waals surface area (Å²) >= 11 is 0. The molecule has 0 aliphatic heterocycles. The van der Waals surface area contributed by atoms with Crippen molar-refractivity contribution >= 4 is 0 Å². The van der Waals surface area contributed by atoms with E-state index >= 15 is 0 Å². The van der Waals surface area contributed by atoms with Gasteiger partial charge in [-0.3, -0.25) is 4.90 Å². The van der Waals surface area contributed by atoms with Gasteiger partial charge in [-0.1, -0.05) is 13.8 Å². The molecule has 0 fully saturated rings. The van der Waals surface area contributed by atoms with Gasteiger partial charge in [-0.25, -0.2) is 0 Å². The fourth-order valence-electron chi connectivity index (χ4n) is 2.62. The fourth-order valence-corrected chi connectivity index (χ4v) is 2.62. The molecule has 0 N–H and O–H groups in total. The first-order valence-electron chi connectivity index (χ1n) is 8.16. The Hall–Kier alpha value is -1.52. The van der Waals surface area contributed by atoms with Gasteiger partial charge in [-0.15, -0.1) is 0 Å². The lowest BCUT2D eigenvalue weighted by atomic mass is 10.3. The van der Waals surface area contributed by atoms with Crippen LogP contribution in [0.15, 0.2) is 33.1 Å². The number of likely N-dealkylation sites (N-methyl/N-ethyl adjacent to an activating group) is 1. The van der Waals surface area contributed by atoms with Crippen molar-refractivity contribution in [2.45, 2.75) is 40.8 Å². The van der Waals surface area contributed by atoms with Crippen molar-refractivity contribution < 1.29 is 8.83 Å². The van der Waals surface area contributed by atoms with Crippen molar-refractivity contribution in [1.29, 1.82) is 0 Å². The van der Waals surface area contributed by atoms with E-state index in [1.807, 2.05) is 26.0 Å². The highest BCUT2D eigenvalue weighted by atomic mass is 16.3. The van der Waals surface area contributed by atoms with Crippen LogP contribution in [0.25, 0.3) is 0 Å². The van der Waals surface area contributed by atoms with Gasteiger partial charge in [-0.05, 0) is 51.2 Å². The van der Waals surface area contributed by atoms with Crippen LogP contribution in [-0.2, 0) is 13.1 Å². The average Bonchev–Trinajstić information content (AvgIpc) is 3.08. The van der Waals surface area contributed by atoms with Crippen LogP contribution in [0.4, 0.5) is 0 Å². The Balaban J connectivity index is 1.99. The van der Waals surface area contributed by atoms with Crippen LogP contribution >= 0.6 is 0 Å². The lowest BCUT2D eigenvalue weighted by Gasteiger charge is -2.25. The van der Waals surface area contributed by atoms with Crippen molar-refractivity contribution in [3.05, 3.63) is 47.3 Å². The quantitative estimate of drug-likeness (QED) is 0.705. The first kappa shape index (κ1) is 16.8. The second kappa shape index (κ2) is 8.20. The highest BCUT2D eigenvalue weighted by Gasteiger charge is 2.13. The standard InChI is InChI=1S/C18H28N2O2/c1-5-19(6-2)11-12-20(13-17-9-7-15(3)21-17)14-18-10-8-16(4)22-18/h7-10H,5-6,11-14H2,1-4H3. The third kappa shape index (κ3) is 5.04. The highest BCUT2D eigenvalue weighted by Crippen LogP contribution is 2.14. The molecule has 2 rings (SSSR count). The Labute approximate surface area is 133 Å². The SMILES string of the molecule is CCN(CC)CCN(Cc1ccc(C)o1)Cc1ccc(C)o1. The van der Waals surface area contributed by atoms with E-state index < -0.39 is 0 Å². The average molecular weight is 304 g/mol. The van der Waals surface area contributed by atoms with Crippen LogP contribution < -0.4 is 0 Å². The molecule has 0 radical (unpaired) electrons. The topological polar surface area (TPSA) is 32.8 Å². The number of hydrogen-bond donors (Lipinski definition) is 0. The van der Waals surface area contributed by atoms with Crippen molar-refractivity contribution in [3.8, 4) is 0 Å². The monoisotopic (exact) mass is 304 g/mol. The Morgan fingerprint density at radius 1 is 0.727 bits per heavy atom. The van der Waals surface area contributed by atoms with Crippen LogP contribution in [0.3, 0.4) is 0 Å². The van der Waals surface area contributed by atoms with Gasteiger partial charge in [0, 0.05) is 13.1 Å². The Bertz CT molecular complexity index is 513. The van der Waals surface area contributed by atoms with E-state index in [0.29, 0.717) is 0 Å². The molecule has 2 heterocycles. The van der Waals surface area contributed by atoms with Gasteiger partial charge in [0.2, 0.25) is 0 Å². The van der Waals surface area contributed by atoms with Crippen LogP contribution in [-0.4, -0.2) is 36.0 Å². The zero-order valence-corrected chi connectivity index (χ0v) is 14.3. The van der Waals surface area contributed by atoms with E-state index in [0.717, 1.165) is 62.3 Å². The minimum Gasteiger partial charge on any atom is -0.465 e. The fraction of sp³-hybridized carbons (Fsp3) is 0.556. The number of hydrogen-bond acceptors (Lipinski definition) is 4. The maximum atomic E-state index is 5.73. The van der Waals surface area contributed by atoms with Crippen LogP contribution in [0, 0.1) is 13.8 Å². The van der Waals surface area contributed by atoms with Crippen molar-refractivity contribution in [1.82, 2.24) is 9.80 Å². The van der Waals surface area contributed by atoms with Gasteiger partial charge in [0.15, 0.2) is 0 Å². The van der Waals surface area contributed by atoms with Gasteiger partial charge in [0.05, 0.1) is 13.1 Å². The molecule has 122 valence electrons. The molecule has 0 saturated heterocycles. The number of aryl methyl sites for hydroxylation is 2. The maximum Gasteiger partial charge on any atom is 0.118 e. The number of rotatable bonds is 9. The molecular formula is C18H28N2O2. The van der Waals surface area contributed by atoms with Gasteiger partial charge in [0.1, 0.15) is 23.0 Å². The smallest absolute Gasteiger partial charge is 0.118 e. The molecule has 0 aliphatic rings. The normalized spacial score (nSPS) is 11.7. The van der Waals surface area contributed by atoms with E-state index in [2.05, 4.69) is 35.8 Å². The van der Waals surface area contributed by atoms with Crippen molar-refractivity contribution in [2.24, 2.45) is 0 Å². The highest BCUT2D eigenvalue weighted by molar-refractivity contribution is 5.07. The lowest BCUT2D eigenvalue weighted by Crippen LogP contribution is -2.34. The molecular weight excluding hydrogens is 276 g/mol. The minimum atomic E-state index is 0.814. The van der Waals surface area contributed by atoms with E-state index in [1.165, 1.54) is 0 Å². The summed E-state index contributed by atoms with van der Waals surface area (Å²) in [6.07, 6.45) is 0. The lowest BCUT2D eigenvalue weighted by molar-refractivity contribution is 0.179. The largest absolute Gasteiger partial charge is 0.465 e. The molecule has 0 amide bonds. The molecule has 22 heavy (non-hydrogen) atoms. The summed E-state index contributed by atoms with van der Waals surface area (Å²) in [4.78, 5) is 4.82. The van der Waals surface area contributed by atoms with Crippen LogP contribution in [0.2, 0.25) is 0 Å². The minimum absolute atomic E-state index is 0.814. The van der Waals surface area contributed by atoms with Crippen molar-refractivity contribution in [3.63, 3.8) is 0 Å². The Morgan fingerprint density at radius 3 is 1.55 bits per heavy atom. The van der Waals surface area contributed by atoms with E-state index in [-0.39, 0.29) is 0 Å². The maximum absolute atomic E-state index is 5.73. The summed E-state index contributed by atoms with van der Waals surface area (Å²) in [5.74, 6) is 3.96. The molecule has 4 heteroatoms. The van der Waals surface area contributed by atoms with E-state index in [1.54, 1.807) is 0 Å². The Kier molecular flexibility index (Phi) is 6.28. The predicted molar refractivity (Wildman–Crippen MR) is 88.8 cm³/mol.